The first-order valence-electron chi connectivity index (χ1n) is 16.3. The van der Waals surface area contributed by atoms with Crippen LogP contribution < -0.4 is 10.2 Å². The van der Waals surface area contributed by atoms with Gasteiger partial charge >= 0.3 is 4.87 Å². The molecule has 0 radical (unpaired) electrons. The van der Waals surface area contributed by atoms with Gasteiger partial charge in [0.25, 0.3) is 5.91 Å². The van der Waals surface area contributed by atoms with Crippen molar-refractivity contribution in [3.8, 4) is 5.75 Å². The van der Waals surface area contributed by atoms with E-state index in [-0.39, 0.29) is 27.5 Å². The smallest absolute Gasteiger partial charge is 0.305 e. The molecule has 2 aromatic heterocycles. The van der Waals surface area contributed by atoms with Crippen molar-refractivity contribution < 1.29 is 19.7 Å². The maximum absolute atomic E-state index is 13.2. The van der Waals surface area contributed by atoms with Crippen LogP contribution in [0.15, 0.2) is 22.3 Å². The van der Waals surface area contributed by atoms with Gasteiger partial charge in [-0.3, -0.25) is 9.59 Å². The number of aromatic amines is 1. The number of aromatic hydroxyl groups is 1. The first-order valence-corrected chi connectivity index (χ1v) is 18.0. The fourth-order valence-corrected chi connectivity index (χ4v) is 8.21. The van der Waals surface area contributed by atoms with E-state index < -0.39 is 6.10 Å². The van der Waals surface area contributed by atoms with Crippen LogP contribution in [0.4, 0.5) is 0 Å². The molecule has 248 valence electrons. The second kappa shape index (κ2) is 14.6. The average Bonchev–Trinajstić information content (AvgIpc) is 3.66. The van der Waals surface area contributed by atoms with Crippen molar-refractivity contribution in [3.63, 3.8) is 0 Å². The monoisotopic (exact) mass is 659 g/mol. The number of piperidine rings is 1. The number of rotatable bonds is 13. The van der Waals surface area contributed by atoms with Crippen molar-refractivity contribution in [2.45, 2.75) is 83.8 Å². The lowest BCUT2D eigenvalue weighted by Gasteiger charge is -2.47. The Morgan fingerprint density at radius 1 is 1.20 bits per heavy atom. The van der Waals surface area contributed by atoms with E-state index in [1.807, 2.05) is 10.3 Å². The summed E-state index contributed by atoms with van der Waals surface area (Å²) in [5.74, 6) is 0.383. The Morgan fingerprint density at radius 2 is 1.98 bits per heavy atom. The third-order valence-electron chi connectivity index (χ3n) is 9.25. The summed E-state index contributed by atoms with van der Waals surface area (Å²) >= 11 is 2.58. The van der Waals surface area contributed by atoms with Gasteiger partial charge in [0, 0.05) is 49.6 Å². The van der Waals surface area contributed by atoms with Gasteiger partial charge in [0.2, 0.25) is 0 Å². The zero-order chi connectivity index (χ0) is 32.2. The van der Waals surface area contributed by atoms with Crippen LogP contribution in [-0.4, -0.2) is 93.9 Å². The summed E-state index contributed by atoms with van der Waals surface area (Å²) in [7, 11) is 0. The van der Waals surface area contributed by atoms with Crippen LogP contribution in [0.2, 0.25) is 0 Å². The van der Waals surface area contributed by atoms with Crippen molar-refractivity contribution in [1.29, 1.82) is 0 Å². The highest BCUT2D eigenvalue weighted by Crippen LogP contribution is 2.33. The molecule has 0 aliphatic carbocycles. The first kappa shape index (κ1) is 34.0. The summed E-state index contributed by atoms with van der Waals surface area (Å²) in [5.41, 5.74) is 1.47. The number of phenolic OH excluding ortho intramolecular Hbond substituents is 1. The van der Waals surface area contributed by atoms with Gasteiger partial charge in [-0.05, 0) is 43.7 Å². The third-order valence-corrected chi connectivity index (χ3v) is 11.3. The molecule has 4 N–H and O–H groups in total. The zero-order valence-electron chi connectivity index (χ0n) is 27.1. The van der Waals surface area contributed by atoms with Gasteiger partial charge in [-0.15, -0.1) is 11.3 Å². The number of amides is 1. The number of hydrogen-bond acceptors (Lipinski definition) is 10. The van der Waals surface area contributed by atoms with E-state index in [1.165, 1.54) is 18.9 Å². The lowest BCUT2D eigenvalue weighted by Crippen LogP contribution is -2.58. The summed E-state index contributed by atoms with van der Waals surface area (Å²) in [6.07, 6.45) is 5.73. The number of nitrogens with one attached hydrogen (secondary N) is 2. The van der Waals surface area contributed by atoms with Gasteiger partial charge in [0.05, 0.1) is 34.6 Å². The van der Waals surface area contributed by atoms with Crippen molar-refractivity contribution in [2.75, 3.05) is 52.4 Å². The van der Waals surface area contributed by atoms with Gasteiger partial charge in [0.1, 0.15) is 17.0 Å². The SMILES string of the molecule is CC(C)c1nc(C(=O)N2CCOC3(CCN(CCCCCC(C)(C)CNC[C@H](O)c4ccc(O)c5[nH]c(=O)sc45)CC3)C2)cs1. The number of carbonyl (C=O) groups is 1. The van der Waals surface area contributed by atoms with E-state index in [9.17, 15) is 19.8 Å². The number of morpholine rings is 1. The number of nitrogens with zero attached hydrogens (tertiary/aromatic N) is 3. The molecule has 0 bridgehead atoms. The minimum Gasteiger partial charge on any atom is -0.506 e. The number of aromatic nitrogens is 2. The number of aliphatic hydroxyl groups excluding tert-OH is 1. The molecule has 10 nitrogen and oxygen atoms in total. The summed E-state index contributed by atoms with van der Waals surface area (Å²) in [6.45, 7) is 14.8. The fraction of sp³-hybridized carbons (Fsp3) is 0.667. The van der Waals surface area contributed by atoms with Gasteiger partial charge in [0.15, 0.2) is 0 Å². The maximum atomic E-state index is 13.2. The number of hydrogen-bond donors (Lipinski definition) is 4. The topological polar surface area (TPSA) is 131 Å². The number of ether oxygens (including phenoxy) is 1. The van der Waals surface area contributed by atoms with Crippen molar-refractivity contribution in [3.05, 3.63) is 43.4 Å². The third kappa shape index (κ3) is 8.52. The summed E-state index contributed by atoms with van der Waals surface area (Å²) in [5, 5.41) is 27.1. The van der Waals surface area contributed by atoms with E-state index in [1.54, 1.807) is 17.4 Å². The number of carbonyl (C=O) groups excluding carboxylic acids is 1. The highest BCUT2D eigenvalue weighted by molar-refractivity contribution is 7.16. The number of thiazole rings is 2. The summed E-state index contributed by atoms with van der Waals surface area (Å²) in [6, 6.07) is 3.20. The predicted octanol–water partition coefficient (Wildman–Crippen LogP) is 5.09. The molecule has 2 aliphatic rings. The van der Waals surface area contributed by atoms with Crippen LogP contribution >= 0.6 is 22.7 Å². The fourth-order valence-electron chi connectivity index (χ4n) is 6.48. The predicted molar refractivity (Wildman–Crippen MR) is 181 cm³/mol. The molecule has 2 aliphatic heterocycles. The number of likely N-dealkylation sites (tertiary alicyclic amines) is 1. The Labute approximate surface area is 273 Å². The quantitative estimate of drug-likeness (QED) is 0.187. The molecule has 12 heteroatoms. The molecule has 2 fully saturated rings. The van der Waals surface area contributed by atoms with Crippen LogP contribution in [0.3, 0.4) is 0 Å². The van der Waals surface area contributed by atoms with Crippen LogP contribution in [0.1, 0.15) is 99.3 Å². The lowest BCUT2D eigenvalue weighted by molar-refractivity contribution is -0.127. The summed E-state index contributed by atoms with van der Waals surface area (Å²) in [4.78, 5) is 36.4. The second-order valence-electron chi connectivity index (χ2n) is 13.8. The Bertz CT molecular complexity index is 1490. The molecule has 1 amide bonds. The Hall–Kier alpha value is -2.35. The van der Waals surface area contributed by atoms with Gasteiger partial charge in [-0.1, -0.05) is 57.9 Å². The van der Waals surface area contributed by atoms with Crippen LogP contribution in [0.5, 0.6) is 5.75 Å². The van der Waals surface area contributed by atoms with Crippen LogP contribution in [0, 0.1) is 5.41 Å². The first-order chi connectivity index (χ1) is 21.5. The zero-order valence-corrected chi connectivity index (χ0v) is 28.7. The van der Waals surface area contributed by atoms with E-state index in [4.69, 9.17) is 4.74 Å². The maximum Gasteiger partial charge on any atom is 0.305 e. The van der Waals surface area contributed by atoms with Crippen molar-refractivity contribution >= 4 is 38.8 Å². The summed E-state index contributed by atoms with van der Waals surface area (Å²) < 4.78 is 6.91. The van der Waals surface area contributed by atoms with E-state index in [0.717, 1.165) is 68.2 Å². The largest absolute Gasteiger partial charge is 0.506 e. The molecule has 2 saturated heterocycles. The van der Waals surface area contributed by atoms with Crippen molar-refractivity contribution in [2.24, 2.45) is 5.41 Å². The van der Waals surface area contributed by atoms with Gasteiger partial charge in [-0.25, -0.2) is 4.98 Å². The van der Waals surface area contributed by atoms with E-state index >= 15 is 0 Å². The standard InChI is InChI=1S/C33H49N5O5S2/c1-22(2)29-35-24(19-44-29)30(41)38-16-17-43-33(21-38)11-14-37(15-12-33)13-7-5-6-10-32(3,4)20-34-18-26(40)23-8-9-25(39)27-28(23)45-31(42)36-27/h8-9,19,22,26,34,39-40H,5-7,10-18,20-21H2,1-4H3,(H,36,42)/t26-/m0/s1. The molecule has 0 unspecified atom stereocenters. The highest BCUT2D eigenvalue weighted by Gasteiger charge is 2.41. The molecule has 1 spiro atoms. The number of unbranched alkanes of at least 4 members (excludes halogenated alkanes) is 2. The van der Waals surface area contributed by atoms with Gasteiger partial charge in [-0.2, -0.15) is 0 Å². The Balaban J connectivity index is 0.977. The highest BCUT2D eigenvalue weighted by atomic mass is 32.1. The lowest BCUT2D eigenvalue weighted by atomic mass is 9.86. The molecule has 45 heavy (non-hydrogen) atoms. The number of fused-ring (bicyclic) bond motifs is 1. The number of aliphatic hydroxyl groups is 1. The minimum atomic E-state index is -0.766. The number of phenols is 1. The molecule has 3 aromatic rings. The van der Waals surface area contributed by atoms with Crippen molar-refractivity contribution in [1.82, 2.24) is 25.1 Å². The normalized spacial score (nSPS) is 18.3. The van der Waals surface area contributed by atoms with E-state index in [2.05, 4.69) is 47.9 Å². The Kier molecular flexibility index (Phi) is 11.0. The molecular formula is C33H49N5O5S2. The molecule has 0 saturated carbocycles. The molecule has 5 rings (SSSR count). The van der Waals surface area contributed by atoms with Crippen LogP contribution in [0.25, 0.3) is 10.2 Å². The molecular weight excluding hydrogens is 611 g/mol. The van der Waals surface area contributed by atoms with Gasteiger partial charge < -0.3 is 35.1 Å². The molecule has 1 atom stereocenters. The average molecular weight is 660 g/mol. The van der Waals surface area contributed by atoms with Crippen LogP contribution in [-0.2, 0) is 4.74 Å². The van der Waals surface area contributed by atoms with E-state index in [0.29, 0.717) is 53.6 Å². The minimum absolute atomic E-state index is 0.0170. The number of benzene rings is 1. The molecule has 4 heterocycles. The second-order valence-corrected chi connectivity index (χ2v) is 15.7. The number of H-pyrrole nitrogens is 1. The molecule has 1 aromatic carbocycles. The Morgan fingerprint density at radius 3 is 2.71 bits per heavy atom.